The van der Waals surface area contributed by atoms with Crippen molar-refractivity contribution in [2.75, 3.05) is 6.54 Å². The SMILES string of the molecule is CCCCN(Cc1ccccc1)C(=O)C(C(=O)c1ccccc1)n1ccccc1=O. The molecule has 0 aliphatic carbocycles. The molecule has 1 unspecified atom stereocenters. The fourth-order valence-electron chi connectivity index (χ4n) is 3.36. The third-order valence-electron chi connectivity index (χ3n) is 4.98. The monoisotopic (exact) mass is 402 g/mol. The Hall–Kier alpha value is -3.47. The second kappa shape index (κ2) is 10.3. The van der Waals surface area contributed by atoms with E-state index in [1.165, 1.54) is 16.8 Å². The van der Waals surface area contributed by atoms with Crippen molar-refractivity contribution in [1.82, 2.24) is 9.47 Å². The van der Waals surface area contributed by atoms with E-state index in [1.807, 2.05) is 36.4 Å². The lowest BCUT2D eigenvalue weighted by atomic mass is 10.0. The highest BCUT2D eigenvalue weighted by Crippen LogP contribution is 2.19. The number of rotatable bonds is 9. The minimum Gasteiger partial charge on any atom is -0.336 e. The summed E-state index contributed by atoms with van der Waals surface area (Å²) in [6, 6.07) is 21.7. The number of nitrogens with zero attached hydrogens (tertiary/aromatic N) is 2. The number of aromatic nitrogens is 1. The third kappa shape index (κ3) is 5.11. The van der Waals surface area contributed by atoms with Crippen LogP contribution in [0.2, 0.25) is 0 Å². The molecule has 2 aromatic carbocycles. The van der Waals surface area contributed by atoms with Gasteiger partial charge >= 0.3 is 0 Å². The van der Waals surface area contributed by atoms with E-state index in [1.54, 1.807) is 41.3 Å². The maximum absolute atomic E-state index is 13.7. The van der Waals surface area contributed by atoms with Gasteiger partial charge < -0.3 is 4.90 Å². The molecule has 0 fully saturated rings. The molecule has 1 atom stereocenters. The minimum atomic E-state index is -1.23. The molecule has 1 heterocycles. The highest BCUT2D eigenvalue weighted by Gasteiger charge is 2.33. The number of benzene rings is 2. The van der Waals surface area contributed by atoms with Gasteiger partial charge in [0, 0.05) is 30.9 Å². The standard InChI is InChI=1S/C25H26N2O3/c1-2-3-17-26(19-20-12-6-4-7-13-20)25(30)23(27-18-11-10-16-22(27)28)24(29)21-14-8-5-9-15-21/h4-16,18,23H,2-3,17,19H2,1H3. The van der Waals surface area contributed by atoms with Crippen LogP contribution in [0, 0.1) is 0 Å². The molecule has 0 N–H and O–H groups in total. The summed E-state index contributed by atoms with van der Waals surface area (Å²) < 4.78 is 1.24. The zero-order valence-corrected chi connectivity index (χ0v) is 17.1. The Labute approximate surface area is 176 Å². The van der Waals surface area contributed by atoms with Crippen LogP contribution < -0.4 is 5.56 Å². The number of carbonyl (C=O) groups is 2. The largest absolute Gasteiger partial charge is 0.336 e. The topological polar surface area (TPSA) is 59.4 Å². The summed E-state index contributed by atoms with van der Waals surface area (Å²) in [7, 11) is 0. The Bertz CT molecular complexity index is 1030. The summed E-state index contributed by atoms with van der Waals surface area (Å²) >= 11 is 0. The van der Waals surface area contributed by atoms with Gasteiger partial charge in [-0.1, -0.05) is 80.1 Å². The van der Waals surface area contributed by atoms with Crippen LogP contribution >= 0.6 is 0 Å². The van der Waals surface area contributed by atoms with Crippen LogP contribution in [0.3, 0.4) is 0 Å². The summed E-state index contributed by atoms with van der Waals surface area (Å²) in [5, 5.41) is 0. The maximum atomic E-state index is 13.7. The second-order valence-electron chi connectivity index (χ2n) is 7.18. The number of Topliss-reactive ketones (excluding diaryl/α,β-unsaturated/α-hetero) is 1. The highest BCUT2D eigenvalue weighted by molar-refractivity contribution is 6.11. The van der Waals surface area contributed by atoms with E-state index in [0.717, 1.165) is 18.4 Å². The molecule has 3 aromatic rings. The smallest absolute Gasteiger partial charge is 0.254 e. The number of pyridine rings is 1. The second-order valence-corrected chi connectivity index (χ2v) is 7.18. The van der Waals surface area contributed by atoms with Gasteiger partial charge in [-0.3, -0.25) is 19.0 Å². The van der Waals surface area contributed by atoms with Crippen LogP contribution in [0.5, 0.6) is 0 Å². The van der Waals surface area contributed by atoms with Crippen molar-refractivity contribution in [3.05, 3.63) is 107 Å². The summed E-state index contributed by atoms with van der Waals surface area (Å²) in [5.74, 6) is -0.752. The normalized spacial score (nSPS) is 11.6. The molecule has 0 spiro atoms. The fraction of sp³-hybridized carbons (Fsp3) is 0.240. The lowest BCUT2D eigenvalue weighted by Crippen LogP contribution is -2.43. The molecule has 1 amide bonds. The van der Waals surface area contributed by atoms with E-state index in [9.17, 15) is 14.4 Å². The number of amides is 1. The van der Waals surface area contributed by atoms with E-state index < -0.39 is 6.04 Å². The Morgan fingerprint density at radius 1 is 0.900 bits per heavy atom. The van der Waals surface area contributed by atoms with Gasteiger partial charge in [0.1, 0.15) is 0 Å². The van der Waals surface area contributed by atoms with Crippen molar-refractivity contribution in [2.45, 2.75) is 32.4 Å². The van der Waals surface area contributed by atoms with E-state index in [-0.39, 0.29) is 17.2 Å². The quantitative estimate of drug-likeness (QED) is 0.400. The molecule has 0 radical (unpaired) electrons. The molecule has 5 nitrogen and oxygen atoms in total. The molecule has 1 aromatic heterocycles. The zero-order chi connectivity index (χ0) is 21.3. The molecule has 0 aliphatic heterocycles. The van der Waals surface area contributed by atoms with Crippen molar-refractivity contribution in [1.29, 1.82) is 0 Å². The Kier molecular flexibility index (Phi) is 7.33. The Balaban J connectivity index is 2.01. The average Bonchev–Trinajstić information content (AvgIpc) is 2.79. The molecule has 5 heteroatoms. The van der Waals surface area contributed by atoms with E-state index in [4.69, 9.17) is 0 Å². The number of ketones is 1. The lowest BCUT2D eigenvalue weighted by molar-refractivity contribution is -0.134. The predicted molar refractivity (Wildman–Crippen MR) is 117 cm³/mol. The van der Waals surface area contributed by atoms with E-state index in [2.05, 4.69) is 6.92 Å². The van der Waals surface area contributed by atoms with E-state index >= 15 is 0 Å². The Morgan fingerprint density at radius 2 is 1.53 bits per heavy atom. The number of carbonyl (C=O) groups excluding carboxylic acids is 2. The summed E-state index contributed by atoms with van der Waals surface area (Å²) in [6.45, 7) is 2.96. The molecule has 0 bridgehead atoms. The van der Waals surface area contributed by atoms with Gasteiger partial charge in [0.05, 0.1) is 0 Å². The first-order valence-electron chi connectivity index (χ1n) is 10.2. The molecule has 0 saturated heterocycles. The first kappa shape index (κ1) is 21.2. The predicted octanol–water partition coefficient (Wildman–Crippen LogP) is 4.10. The summed E-state index contributed by atoms with van der Waals surface area (Å²) in [4.78, 5) is 41.2. The van der Waals surface area contributed by atoms with Crippen molar-refractivity contribution in [3.63, 3.8) is 0 Å². The van der Waals surface area contributed by atoms with Crippen molar-refractivity contribution >= 4 is 11.7 Å². The summed E-state index contributed by atoms with van der Waals surface area (Å²) in [5.41, 5.74) is 1.00. The van der Waals surface area contributed by atoms with Gasteiger partial charge in [0.2, 0.25) is 0 Å². The molecular formula is C25H26N2O3. The van der Waals surface area contributed by atoms with Crippen LogP contribution in [0.25, 0.3) is 0 Å². The molecule has 0 aliphatic rings. The van der Waals surface area contributed by atoms with Crippen molar-refractivity contribution < 1.29 is 9.59 Å². The van der Waals surface area contributed by atoms with Crippen LogP contribution in [-0.4, -0.2) is 27.7 Å². The van der Waals surface area contributed by atoms with Crippen molar-refractivity contribution in [2.24, 2.45) is 0 Å². The van der Waals surface area contributed by atoms with Crippen molar-refractivity contribution in [3.8, 4) is 0 Å². The van der Waals surface area contributed by atoms with Gasteiger partial charge in [-0.25, -0.2) is 0 Å². The maximum Gasteiger partial charge on any atom is 0.254 e. The van der Waals surface area contributed by atoms with Gasteiger partial charge in [0.25, 0.3) is 11.5 Å². The van der Waals surface area contributed by atoms with Crippen LogP contribution in [0.15, 0.2) is 89.9 Å². The molecule has 30 heavy (non-hydrogen) atoms. The zero-order valence-electron chi connectivity index (χ0n) is 17.1. The number of unbranched alkanes of at least 4 members (excludes halogenated alkanes) is 1. The van der Waals surface area contributed by atoms with Gasteiger partial charge in [0.15, 0.2) is 11.8 Å². The molecular weight excluding hydrogens is 376 g/mol. The third-order valence-corrected chi connectivity index (χ3v) is 4.98. The number of hydrogen-bond donors (Lipinski definition) is 0. The van der Waals surface area contributed by atoms with Gasteiger partial charge in [-0.2, -0.15) is 0 Å². The van der Waals surface area contributed by atoms with E-state index in [0.29, 0.717) is 18.7 Å². The van der Waals surface area contributed by atoms with Crippen LogP contribution in [0.1, 0.15) is 41.7 Å². The molecule has 0 saturated carbocycles. The molecule has 154 valence electrons. The average molecular weight is 402 g/mol. The number of hydrogen-bond acceptors (Lipinski definition) is 3. The van der Waals surface area contributed by atoms with Gasteiger partial charge in [-0.05, 0) is 18.1 Å². The lowest BCUT2D eigenvalue weighted by Gasteiger charge is -2.28. The Morgan fingerprint density at radius 3 is 2.17 bits per heavy atom. The van der Waals surface area contributed by atoms with Crippen LogP contribution in [0.4, 0.5) is 0 Å². The summed E-state index contributed by atoms with van der Waals surface area (Å²) in [6.07, 6.45) is 3.24. The first-order valence-corrected chi connectivity index (χ1v) is 10.2. The fourth-order valence-corrected chi connectivity index (χ4v) is 3.36. The highest BCUT2D eigenvalue weighted by atomic mass is 16.2. The van der Waals surface area contributed by atoms with Crippen LogP contribution in [-0.2, 0) is 11.3 Å². The first-order chi connectivity index (χ1) is 14.6. The molecule has 3 rings (SSSR count). The minimum absolute atomic E-state index is 0.366. The van der Waals surface area contributed by atoms with Gasteiger partial charge in [-0.15, -0.1) is 0 Å².